The largest absolute Gasteiger partial charge is 0.497 e. The molecule has 1 saturated heterocycles. The van der Waals surface area contributed by atoms with E-state index in [1.54, 1.807) is 7.11 Å². The quantitative estimate of drug-likeness (QED) is 0.851. The molecule has 1 fully saturated rings. The lowest BCUT2D eigenvalue weighted by Crippen LogP contribution is -2.46. The monoisotopic (exact) mass is 236 g/mol. The van der Waals surface area contributed by atoms with Crippen molar-refractivity contribution in [2.24, 2.45) is 5.73 Å². The van der Waals surface area contributed by atoms with E-state index in [9.17, 15) is 0 Å². The molecule has 4 nitrogen and oxygen atoms in total. The molecule has 0 aromatic heterocycles. The molecule has 94 valence electrons. The summed E-state index contributed by atoms with van der Waals surface area (Å²) in [7, 11) is 3.79. The molecular weight excluding hydrogens is 216 g/mol. The molecule has 0 radical (unpaired) electrons. The Kier molecular flexibility index (Phi) is 3.99. The number of nitrogens with two attached hydrogens (primary N) is 1. The van der Waals surface area contributed by atoms with Gasteiger partial charge in [0.15, 0.2) is 0 Å². The fourth-order valence-electron chi connectivity index (χ4n) is 2.35. The summed E-state index contributed by atoms with van der Waals surface area (Å²) in [4.78, 5) is 2.29. The van der Waals surface area contributed by atoms with Crippen molar-refractivity contribution in [3.8, 4) is 5.75 Å². The third kappa shape index (κ3) is 2.60. The average molecular weight is 236 g/mol. The summed E-state index contributed by atoms with van der Waals surface area (Å²) in [6.07, 6.45) is 0.0563. The molecule has 0 bridgehead atoms. The smallest absolute Gasteiger partial charge is 0.119 e. The van der Waals surface area contributed by atoms with Gasteiger partial charge in [0, 0.05) is 13.1 Å². The number of nitrogens with zero attached hydrogens (tertiary/aromatic N) is 1. The van der Waals surface area contributed by atoms with E-state index in [0.29, 0.717) is 6.54 Å². The van der Waals surface area contributed by atoms with Crippen LogP contribution in [-0.2, 0) is 4.74 Å². The van der Waals surface area contributed by atoms with Gasteiger partial charge < -0.3 is 15.2 Å². The van der Waals surface area contributed by atoms with Crippen LogP contribution in [0.3, 0.4) is 0 Å². The third-order valence-electron chi connectivity index (χ3n) is 3.27. The minimum atomic E-state index is 0.0563. The molecule has 0 amide bonds. The van der Waals surface area contributed by atoms with Gasteiger partial charge in [0.25, 0.3) is 0 Å². The van der Waals surface area contributed by atoms with Crippen LogP contribution in [0.15, 0.2) is 24.3 Å². The van der Waals surface area contributed by atoms with Crippen LogP contribution in [0, 0.1) is 0 Å². The Labute approximate surface area is 102 Å². The van der Waals surface area contributed by atoms with Gasteiger partial charge in [0.2, 0.25) is 0 Å². The first kappa shape index (κ1) is 12.4. The fraction of sp³-hybridized carbons (Fsp3) is 0.538. The van der Waals surface area contributed by atoms with Crippen molar-refractivity contribution in [3.05, 3.63) is 29.8 Å². The molecule has 1 aliphatic rings. The normalized spacial score (nSPS) is 25.8. The first-order valence-electron chi connectivity index (χ1n) is 5.92. The highest BCUT2D eigenvalue weighted by molar-refractivity contribution is 5.31. The van der Waals surface area contributed by atoms with Crippen LogP contribution in [0.2, 0.25) is 0 Å². The minimum absolute atomic E-state index is 0.0563. The van der Waals surface area contributed by atoms with E-state index in [1.165, 1.54) is 5.56 Å². The number of methoxy groups -OCH3 is 1. The van der Waals surface area contributed by atoms with Crippen LogP contribution in [0.1, 0.15) is 11.6 Å². The summed E-state index contributed by atoms with van der Waals surface area (Å²) >= 11 is 0. The summed E-state index contributed by atoms with van der Waals surface area (Å²) in [6.45, 7) is 2.21. The Balaban J connectivity index is 2.27. The van der Waals surface area contributed by atoms with E-state index in [4.69, 9.17) is 15.2 Å². The van der Waals surface area contributed by atoms with Gasteiger partial charge in [-0.25, -0.2) is 0 Å². The maximum absolute atomic E-state index is 5.78. The molecule has 2 N–H and O–H groups in total. The average Bonchev–Trinajstić information content (AvgIpc) is 2.38. The Morgan fingerprint density at radius 2 is 2.35 bits per heavy atom. The Morgan fingerprint density at radius 3 is 3.06 bits per heavy atom. The van der Waals surface area contributed by atoms with Crippen molar-refractivity contribution in [2.75, 3.05) is 33.9 Å². The van der Waals surface area contributed by atoms with Gasteiger partial charge in [-0.05, 0) is 24.7 Å². The number of hydrogen-bond acceptors (Lipinski definition) is 4. The maximum Gasteiger partial charge on any atom is 0.119 e. The van der Waals surface area contributed by atoms with Crippen LogP contribution in [0.4, 0.5) is 0 Å². The lowest BCUT2D eigenvalue weighted by molar-refractivity contribution is -0.0576. The van der Waals surface area contributed by atoms with Gasteiger partial charge >= 0.3 is 0 Å². The second-order valence-corrected chi connectivity index (χ2v) is 4.35. The summed E-state index contributed by atoms with van der Waals surface area (Å²) in [6, 6.07) is 8.32. The zero-order chi connectivity index (χ0) is 12.3. The summed E-state index contributed by atoms with van der Waals surface area (Å²) in [5, 5.41) is 0. The molecule has 0 spiro atoms. The molecular formula is C13H20N2O2. The molecule has 0 aliphatic carbocycles. The Morgan fingerprint density at radius 1 is 1.53 bits per heavy atom. The van der Waals surface area contributed by atoms with Crippen molar-refractivity contribution < 1.29 is 9.47 Å². The SMILES string of the molecule is COc1cccc(C2C(CN)OCCN2C)c1. The second kappa shape index (κ2) is 5.49. The van der Waals surface area contributed by atoms with E-state index in [0.717, 1.165) is 18.9 Å². The van der Waals surface area contributed by atoms with Gasteiger partial charge in [0.05, 0.1) is 25.9 Å². The predicted molar refractivity (Wildman–Crippen MR) is 67.2 cm³/mol. The minimum Gasteiger partial charge on any atom is -0.497 e. The number of hydrogen-bond donors (Lipinski definition) is 1. The first-order chi connectivity index (χ1) is 8.26. The molecule has 1 heterocycles. The highest BCUT2D eigenvalue weighted by Gasteiger charge is 2.30. The van der Waals surface area contributed by atoms with Gasteiger partial charge in [-0.15, -0.1) is 0 Å². The number of rotatable bonds is 3. The number of likely N-dealkylation sites (N-methyl/N-ethyl adjacent to an activating group) is 1. The van der Waals surface area contributed by atoms with Crippen molar-refractivity contribution >= 4 is 0 Å². The predicted octanol–water partition coefficient (Wildman–Crippen LogP) is 1.03. The van der Waals surface area contributed by atoms with E-state index >= 15 is 0 Å². The summed E-state index contributed by atoms with van der Waals surface area (Å²) < 4.78 is 11.0. The van der Waals surface area contributed by atoms with Crippen LogP contribution in [-0.4, -0.2) is 44.9 Å². The van der Waals surface area contributed by atoms with Crippen molar-refractivity contribution in [1.29, 1.82) is 0 Å². The zero-order valence-electron chi connectivity index (χ0n) is 10.4. The van der Waals surface area contributed by atoms with E-state index in [2.05, 4.69) is 24.1 Å². The highest BCUT2D eigenvalue weighted by atomic mass is 16.5. The van der Waals surface area contributed by atoms with Gasteiger partial charge in [-0.3, -0.25) is 4.90 Å². The van der Waals surface area contributed by atoms with Gasteiger partial charge in [-0.1, -0.05) is 12.1 Å². The Hall–Kier alpha value is -1.10. The maximum atomic E-state index is 5.78. The third-order valence-corrected chi connectivity index (χ3v) is 3.27. The van der Waals surface area contributed by atoms with Crippen LogP contribution in [0.5, 0.6) is 5.75 Å². The number of morpholine rings is 1. The summed E-state index contributed by atoms with van der Waals surface area (Å²) in [5.74, 6) is 0.872. The molecule has 17 heavy (non-hydrogen) atoms. The zero-order valence-corrected chi connectivity index (χ0v) is 10.4. The van der Waals surface area contributed by atoms with Crippen LogP contribution in [0.25, 0.3) is 0 Å². The topological polar surface area (TPSA) is 47.7 Å². The van der Waals surface area contributed by atoms with Crippen molar-refractivity contribution in [1.82, 2.24) is 4.90 Å². The molecule has 1 aromatic carbocycles. The van der Waals surface area contributed by atoms with Gasteiger partial charge in [0.1, 0.15) is 5.75 Å². The highest BCUT2D eigenvalue weighted by Crippen LogP contribution is 2.29. The molecule has 1 aliphatic heterocycles. The van der Waals surface area contributed by atoms with E-state index < -0.39 is 0 Å². The van der Waals surface area contributed by atoms with Crippen molar-refractivity contribution in [3.63, 3.8) is 0 Å². The number of ether oxygens (including phenoxy) is 2. The van der Waals surface area contributed by atoms with Crippen LogP contribution < -0.4 is 10.5 Å². The van der Waals surface area contributed by atoms with E-state index in [1.807, 2.05) is 12.1 Å². The van der Waals surface area contributed by atoms with Gasteiger partial charge in [-0.2, -0.15) is 0 Å². The first-order valence-corrected chi connectivity index (χ1v) is 5.92. The van der Waals surface area contributed by atoms with Crippen LogP contribution >= 0.6 is 0 Å². The molecule has 4 heteroatoms. The molecule has 1 aromatic rings. The fourth-order valence-corrected chi connectivity index (χ4v) is 2.35. The number of benzene rings is 1. The standard InChI is InChI=1S/C13H20N2O2/c1-15-6-7-17-12(9-14)13(15)10-4-3-5-11(8-10)16-2/h3-5,8,12-13H,6-7,9,14H2,1-2H3. The lowest BCUT2D eigenvalue weighted by Gasteiger charge is -2.39. The molecule has 0 saturated carbocycles. The van der Waals surface area contributed by atoms with E-state index in [-0.39, 0.29) is 12.1 Å². The second-order valence-electron chi connectivity index (χ2n) is 4.35. The Bertz CT molecular complexity index is 370. The molecule has 2 rings (SSSR count). The molecule has 2 atom stereocenters. The lowest BCUT2D eigenvalue weighted by atomic mass is 9.98. The summed E-state index contributed by atoms with van der Waals surface area (Å²) in [5.41, 5.74) is 6.98. The molecule has 2 unspecified atom stereocenters. The van der Waals surface area contributed by atoms with Crippen molar-refractivity contribution in [2.45, 2.75) is 12.1 Å².